The Morgan fingerprint density at radius 3 is 2.70 bits per heavy atom. The van der Waals surface area contributed by atoms with Crippen molar-refractivity contribution in [1.29, 1.82) is 0 Å². The number of aryl methyl sites for hydroxylation is 1. The molecule has 0 spiro atoms. The van der Waals surface area contributed by atoms with Crippen LogP contribution in [0.15, 0.2) is 24.3 Å². The summed E-state index contributed by atoms with van der Waals surface area (Å²) in [5.41, 5.74) is 2.05. The molecule has 0 saturated carbocycles. The SMILES string of the molecule is CCCc1ccc(C(=O)N2CCCC2CC(C)O)cc1. The van der Waals surface area contributed by atoms with Crippen LogP contribution in [0.5, 0.6) is 0 Å². The van der Waals surface area contributed by atoms with Gasteiger partial charge in [-0.2, -0.15) is 0 Å². The average molecular weight is 275 g/mol. The van der Waals surface area contributed by atoms with Crippen molar-refractivity contribution in [3.8, 4) is 0 Å². The van der Waals surface area contributed by atoms with E-state index in [-0.39, 0.29) is 18.1 Å². The first-order valence-corrected chi connectivity index (χ1v) is 7.69. The van der Waals surface area contributed by atoms with E-state index in [1.165, 1.54) is 5.56 Å². The molecule has 2 rings (SSSR count). The highest BCUT2D eigenvalue weighted by atomic mass is 16.3. The van der Waals surface area contributed by atoms with Crippen LogP contribution >= 0.6 is 0 Å². The lowest BCUT2D eigenvalue weighted by Crippen LogP contribution is -2.37. The molecule has 110 valence electrons. The molecule has 1 aromatic carbocycles. The highest BCUT2D eigenvalue weighted by Gasteiger charge is 2.29. The number of hydrogen-bond acceptors (Lipinski definition) is 2. The van der Waals surface area contributed by atoms with Gasteiger partial charge in [-0.05, 0) is 50.3 Å². The number of nitrogens with zero attached hydrogens (tertiary/aromatic N) is 1. The normalized spacial score (nSPS) is 20.1. The van der Waals surface area contributed by atoms with E-state index >= 15 is 0 Å². The molecule has 0 aromatic heterocycles. The van der Waals surface area contributed by atoms with E-state index in [1.54, 1.807) is 6.92 Å². The Morgan fingerprint density at radius 1 is 1.40 bits per heavy atom. The lowest BCUT2D eigenvalue weighted by atomic mass is 10.1. The summed E-state index contributed by atoms with van der Waals surface area (Å²) in [7, 11) is 0. The maximum absolute atomic E-state index is 12.6. The molecular formula is C17H25NO2. The van der Waals surface area contributed by atoms with Crippen LogP contribution in [0.3, 0.4) is 0 Å². The molecule has 2 unspecified atom stereocenters. The van der Waals surface area contributed by atoms with Gasteiger partial charge in [-0.25, -0.2) is 0 Å². The lowest BCUT2D eigenvalue weighted by molar-refractivity contribution is 0.0682. The fourth-order valence-electron chi connectivity index (χ4n) is 3.01. The van der Waals surface area contributed by atoms with Crippen molar-refractivity contribution in [1.82, 2.24) is 4.90 Å². The molecule has 2 atom stereocenters. The molecule has 1 saturated heterocycles. The minimum absolute atomic E-state index is 0.108. The molecule has 1 amide bonds. The van der Waals surface area contributed by atoms with E-state index < -0.39 is 0 Å². The highest BCUT2D eigenvalue weighted by Crippen LogP contribution is 2.23. The molecule has 1 fully saturated rings. The molecule has 0 radical (unpaired) electrons. The van der Waals surface area contributed by atoms with E-state index in [0.717, 1.165) is 37.8 Å². The number of carbonyl (C=O) groups excluding carboxylic acids is 1. The number of aliphatic hydroxyl groups excluding tert-OH is 1. The highest BCUT2D eigenvalue weighted by molar-refractivity contribution is 5.94. The van der Waals surface area contributed by atoms with Gasteiger partial charge in [-0.3, -0.25) is 4.79 Å². The zero-order chi connectivity index (χ0) is 14.5. The standard InChI is InChI=1S/C17H25NO2/c1-3-5-14-7-9-15(10-8-14)17(20)18-11-4-6-16(18)12-13(2)19/h7-10,13,16,19H,3-6,11-12H2,1-2H3. The minimum atomic E-state index is -0.347. The van der Waals surface area contributed by atoms with Crippen LogP contribution in [0.2, 0.25) is 0 Å². The first kappa shape index (κ1) is 15.0. The fourth-order valence-corrected chi connectivity index (χ4v) is 3.01. The zero-order valence-electron chi connectivity index (χ0n) is 12.5. The maximum Gasteiger partial charge on any atom is 0.254 e. The summed E-state index contributed by atoms with van der Waals surface area (Å²) in [6.07, 6.45) is 4.56. The molecule has 3 nitrogen and oxygen atoms in total. The second-order valence-corrected chi connectivity index (χ2v) is 5.83. The van der Waals surface area contributed by atoms with Crippen LogP contribution in [0.4, 0.5) is 0 Å². The Kier molecular flexibility index (Phi) is 5.18. The van der Waals surface area contributed by atoms with Crippen molar-refractivity contribution in [3.05, 3.63) is 35.4 Å². The third-order valence-corrected chi connectivity index (χ3v) is 3.99. The number of likely N-dealkylation sites (tertiary alicyclic amines) is 1. The third kappa shape index (κ3) is 3.60. The molecule has 1 heterocycles. The Morgan fingerprint density at radius 2 is 2.10 bits per heavy atom. The number of benzene rings is 1. The molecule has 1 aliphatic heterocycles. The summed E-state index contributed by atoms with van der Waals surface area (Å²) in [6, 6.07) is 8.17. The van der Waals surface area contributed by atoms with E-state index in [1.807, 2.05) is 17.0 Å². The summed E-state index contributed by atoms with van der Waals surface area (Å²) in [4.78, 5) is 14.5. The molecule has 0 bridgehead atoms. The Balaban J connectivity index is 2.05. The number of amides is 1. The van der Waals surface area contributed by atoms with Crippen LogP contribution in [0.1, 0.15) is 55.5 Å². The summed E-state index contributed by atoms with van der Waals surface area (Å²) in [5, 5.41) is 9.54. The van der Waals surface area contributed by atoms with E-state index in [0.29, 0.717) is 6.42 Å². The van der Waals surface area contributed by atoms with Gasteiger partial charge in [0.25, 0.3) is 5.91 Å². The first-order valence-electron chi connectivity index (χ1n) is 7.69. The minimum Gasteiger partial charge on any atom is -0.393 e. The number of aliphatic hydroxyl groups is 1. The van der Waals surface area contributed by atoms with Gasteiger partial charge in [0.1, 0.15) is 0 Å². The van der Waals surface area contributed by atoms with Crippen LogP contribution in [0.25, 0.3) is 0 Å². The predicted octanol–water partition coefficient (Wildman–Crippen LogP) is 3.01. The van der Waals surface area contributed by atoms with E-state index in [9.17, 15) is 9.90 Å². The Labute approximate surface area is 121 Å². The van der Waals surface area contributed by atoms with Crippen molar-refractivity contribution in [2.24, 2.45) is 0 Å². The van der Waals surface area contributed by atoms with Crippen LogP contribution < -0.4 is 0 Å². The quantitative estimate of drug-likeness (QED) is 0.897. The molecule has 20 heavy (non-hydrogen) atoms. The summed E-state index contributed by atoms with van der Waals surface area (Å²) in [5.74, 6) is 0.108. The van der Waals surface area contributed by atoms with E-state index in [4.69, 9.17) is 0 Å². The second-order valence-electron chi connectivity index (χ2n) is 5.83. The van der Waals surface area contributed by atoms with Gasteiger partial charge in [-0.1, -0.05) is 25.5 Å². The topological polar surface area (TPSA) is 40.5 Å². The molecule has 1 aromatic rings. The van der Waals surface area contributed by atoms with Crippen LogP contribution in [0, 0.1) is 0 Å². The summed E-state index contributed by atoms with van der Waals surface area (Å²) < 4.78 is 0. The smallest absolute Gasteiger partial charge is 0.254 e. The van der Waals surface area contributed by atoms with Crippen molar-refractivity contribution in [2.45, 2.75) is 58.1 Å². The monoisotopic (exact) mass is 275 g/mol. The zero-order valence-corrected chi connectivity index (χ0v) is 12.5. The van der Waals surface area contributed by atoms with E-state index in [2.05, 4.69) is 19.1 Å². The van der Waals surface area contributed by atoms with Gasteiger partial charge in [0.15, 0.2) is 0 Å². The fraction of sp³-hybridized carbons (Fsp3) is 0.588. The van der Waals surface area contributed by atoms with Crippen molar-refractivity contribution in [2.75, 3.05) is 6.54 Å². The van der Waals surface area contributed by atoms with Crippen molar-refractivity contribution < 1.29 is 9.90 Å². The van der Waals surface area contributed by atoms with Gasteiger partial charge in [0, 0.05) is 18.2 Å². The predicted molar refractivity (Wildman–Crippen MR) is 80.8 cm³/mol. The molecule has 0 aliphatic carbocycles. The summed E-state index contributed by atoms with van der Waals surface area (Å²) in [6.45, 7) is 4.76. The average Bonchev–Trinajstić information content (AvgIpc) is 2.86. The number of hydrogen-bond donors (Lipinski definition) is 1. The van der Waals surface area contributed by atoms with Crippen LogP contribution in [-0.4, -0.2) is 34.6 Å². The summed E-state index contributed by atoms with van der Waals surface area (Å²) >= 11 is 0. The maximum atomic E-state index is 12.6. The van der Waals surface area contributed by atoms with Crippen LogP contribution in [-0.2, 0) is 6.42 Å². The Bertz CT molecular complexity index is 439. The Hall–Kier alpha value is -1.35. The first-order chi connectivity index (χ1) is 9.61. The van der Waals surface area contributed by atoms with Gasteiger partial charge in [0.2, 0.25) is 0 Å². The van der Waals surface area contributed by atoms with Gasteiger partial charge in [-0.15, -0.1) is 0 Å². The van der Waals surface area contributed by atoms with Gasteiger partial charge in [0.05, 0.1) is 6.10 Å². The molecule has 1 aliphatic rings. The second kappa shape index (κ2) is 6.89. The van der Waals surface area contributed by atoms with Gasteiger partial charge < -0.3 is 10.0 Å². The van der Waals surface area contributed by atoms with Crippen molar-refractivity contribution in [3.63, 3.8) is 0 Å². The number of rotatable bonds is 5. The number of carbonyl (C=O) groups is 1. The molecule has 1 N–H and O–H groups in total. The third-order valence-electron chi connectivity index (χ3n) is 3.99. The van der Waals surface area contributed by atoms with Crippen molar-refractivity contribution >= 4 is 5.91 Å². The lowest BCUT2D eigenvalue weighted by Gasteiger charge is -2.25. The van der Waals surface area contributed by atoms with Gasteiger partial charge >= 0.3 is 0 Å². The molecular weight excluding hydrogens is 250 g/mol. The largest absolute Gasteiger partial charge is 0.393 e. The molecule has 3 heteroatoms.